The standard InChI is InChI=1S/C21H29F2N7O/c1-29-10-13(9-26-29)14-6-15-17(7-16(14)22)27-28-20(15)18-8-19(25-12-24-18)30-4-2-21(23,11-31)3-5-30/h8-10,12,14-17,20,27-28,31H,2-7,11H2,1H3. The molecule has 2 aliphatic heterocycles. The Morgan fingerprint density at radius 3 is 2.74 bits per heavy atom. The van der Waals surface area contributed by atoms with E-state index in [1.807, 2.05) is 24.2 Å². The summed E-state index contributed by atoms with van der Waals surface area (Å²) in [6.45, 7) is 0.565. The quantitative estimate of drug-likeness (QED) is 0.674. The van der Waals surface area contributed by atoms with Gasteiger partial charge in [0.1, 0.15) is 24.0 Å². The maximum Gasteiger partial charge on any atom is 0.137 e. The van der Waals surface area contributed by atoms with E-state index in [1.165, 1.54) is 0 Å². The molecule has 1 saturated carbocycles. The topological polar surface area (TPSA) is 91.1 Å². The number of nitrogens with zero attached hydrogens (tertiary/aromatic N) is 5. The van der Waals surface area contributed by atoms with Crippen LogP contribution in [0, 0.1) is 5.92 Å². The molecule has 0 amide bonds. The molecule has 5 unspecified atom stereocenters. The van der Waals surface area contributed by atoms with E-state index in [0.717, 1.165) is 17.1 Å². The second kappa shape index (κ2) is 8.07. The SMILES string of the molecule is Cn1cc(C2CC3C(CC2F)NNC3c2cc(N3CCC(F)(CO)CC3)ncn2)cn1. The maximum atomic E-state index is 14.9. The summed E-state index contributed by atoms with van der Waals surface area (Å²) in [5.74, 6) is 0.770. The Bertz CT molecular complexity index is 917. The Hall–Kier alpha value is -2.17. The zero-order chi connectivity index (χ0) is 21.6. The number of aromatic nitrogens is 4. The highest BCUT2D eigenvalue weighted by molar-refractivity contribution is 5.41. The number of hydrogen-bond acceptors (Lipinski definition) is 7. The largest absolute Gasteiger partial charge is 0.393 e. The van der Waals surface area contributed by atoms with Crippen LogP contribution in [-0.4, -0.2) is 62.4 Å². The molecule has 3 N–H and O–H groups in total. The third-order valence-electron chi connectivity index (χ3n) is 7.22. The summed E-state index contributed by atoms with van der Waals surface area (Å²) >= 11 is 0. The zero-order valence-corrected chi connectivity index (χ0v) is 17.6. The van der Waals surface area contributed by atoms with E-state index in [9.17, 15) is 13.9 Å². The monoisotopic (exact) mass is 433 g/mol. The summed E-state index contributed by atoms with van der Waals surface area (Å²) in [4.78, 5) is 10.9. The second-order valence-electron chi connectivity index (χ2n) is 9.18. The van der Waals surface area contributed by atoms with Gasteiger partial charge in [0.2, 0.25) is 0 Å². The molecule has 1 aliphatic carbocycles. The van der Waals surface area contributed by atoms with E-state index >= 15 is 0 Å². The molecule has 10 heteroatoms. The molecular formula is C21H29F2N7O. The number of halogens is 2. The van der Waals surface area contributed by atoms with Crippen molar-refractivity contribution in [2.75, 3.05) is 24.6 Å². The van der Waals surface area contributed by atoms with Crippen molar-refractivity contribution in [3.63, 3.8) is 0 Å². The van der Waals surface area contributed by atoms with Crippen LogP contribution in [0.3, 0.4) is 0 Å². The highest BCUT2D eigenvalue weighted by Gasteiger charge is 2.46. The third-order valence-corrected chi connectivity index (χ3v) is 7.22. The molecule has 0 spiro atoms. The van der Waals surface area contributed by atoms with E-state index in [2.05, 4.69) is 25.9 Å². The Kier molecular flexibility index (Phi) is 5.39. The third kappa shape index (κ3) is 3.92. The molecule has 4 heterocycles. The second-order valence-corrected chi connectivity index (χ2v) is 9.18. The number of hydrazine groups is 1. The van der Waals surface area contributed by atoms with Crippen LogP contribution in [0.5, 0.6) is 0 Å². The summed E-state index contributed by atoms with van der Waals surface area (Å²) in [7, 11) is 1.85. The van der Waals surface area contributed by atoms with E-state index in [0.29, 0.717) is 25.9 Å². The van der Waals surface area contributed by atoms with Gasteiger partial charge in [0.15, 0.2) is 0 Å². The van der Waals surface area contributed by atoms with Crippen LogP contribution in [0.4, 0.5) is 14.6 Å². The molecule has 0 bridgehead atoms. The fourth-order valence-corrected chi connectivity index (χ4v) is 5.29. The molecule has 2 saturated heterocycles. The van der Waals surface area contributed by atoms with Crippen LogP contribution in [0.1, 0.15) is 48.9 Å². The van der Waals surface area contributed by atoms with Gasteiger partial charge in [0, 0.05) is 57.2 Å². The molecule has 5 atom stereocenters. The van der Waals surface area contributed by atoms with Crippen molar-refractivity contribution in [3.05, 3.63) is 36.0 Å². The van der Waals surface area contributed by atoms with E-state index in [-0.39, 0.29) is 36.8 Å². The van der Waals surface area contributed by atoms with Crippen molar-refractivity contribution in [1.29, 1.82) is 0 Å². The lowest BCUT2D eigenvalue weighted by Crippen LogP contribution is -2.44. The van der Waals surface area contributed by atoms with Gasteiger partial charge < -0.3 is 10.0 Å². The number of aliphatic hydroxyl groups excluding tert-OH is 1. The molecule has 8 nitrogen and oxygen atoms in total. The summed E-state index contributed by atoms with van der Waals surface area (Å²) in [6.07, 6.45) is 5.99. The number of hydrogen-bond donors (Lipinski definition) is 3. The maximum absolute atomic E-state index is 14.9. The van der Waals surface area contributed by atoms with Gasteiger partial charge in [-0.05, 0) is 24.3 Å². The average molecular weight is 434 g/mol. The van der Waals surface area contributed by atoms with Crippen molar-refractivity contribution in [2.24, 2.45) is 13.0 Å². The Balaban J connectivity index is 1.33. The van der Waals surface area contributed by atoms with Crippen LogP contribution in [0.2, 0.25) is 0 Å². The lowest BCUT2D eigenvalue weighted by atomic mass is 9.72. The van der Waals surface area contributed by atoms with E-state index in [4.69, 9.17) is 0 Å². The van der Waals surface area contributed by atoms with Crippen molar-refractivity contribution >= 4 is 5.82 Å². The van der Waals surface area contributed by atoms with E-state index < -0.39 is 18.4 Å². The number of rotatable bonds is 4. The van der Waals surface area contributed by atoms with Gasteiger partial charge in [0.25, 0.3) is 0 Å². The predicted molar refractivity (Wildman–Crippen MR) is 111 cm³/mol. The first-order valence-corrected chi connectivity index (χ1v) is 11.0. The molecule has 2 aromatic heterocycles. The summed E-state index contributed by atoms with van der Waals surface area (Å²) < 4.78 is 31.0. The van der Waals surface area contributed by atoms with Crippen molar-refractivity contribution in [3.8, 4) is 0 Å². The number of aliphatic hydroxyl groups is 1. The summed E-state index contributed by atoms with van der Waals surface area (Å²) in [5.41, 5.74) is 6.89. The number of aryl methyl sites for hydroxylation is 1. The first-order chi connectivity index (χ1) is 15.0. The Morgan fingerprint density at radius 2 is 2.03 bits per heavy atom. The van der Waals surface area contributed by atoms with Crippen LogP contribution in [0.25, 0.3) is 0 Å². The number of fused-ring (bicyclic) bond motifs is 1. The van der Waals surface area contributed by atoms with Crippen LogP contribution in [-0.2, 0) is 7.05 Å². The molecule has 0 aromatic carbocycles. The van der Waals surface area contributed by atoms with Gasteiger partial charge >= 0.3 is 0 Å². The Morgan fingerprint density at radius 1 is 1.23 bits per heavy atom. The average Bonchev–Trinajstić information content (AvgIpc) is 3.39. The molecule has 5 rings (SSSR count). The predicted octanol–water partition coefficient (Wildman–Crippen LogP) is 1.56. The molecule has 2 aromatic rings. The zero-order valence-electron chi connectivity index (χ0n) is 17.6. The van der Waals surface area contributed by atoms with Gasteiger partial charge in [-0.2, -0.15) is 5.10 Å². The number of alkyl halides is 2. The molecule has 31 heavy (non-hydrogen) atoms. The minimum absolute atomic E-state index is 0.0398. The molecule has 168 valence electrons. The first kappa shape index (κ1) is 20.7. The van der Waals surface area contributed by atoms with E-state index in [1.54, 1.807) is 17.2 Å². The minimum atomic E-state index is -1.50. The number of piperidine rings is 1. The number of anilines is 1. The van der Waals surface area contributed by atoms with Crippen molar-refractivity contribution in [2.45, 2.75) is 55.5 Å². The lowest BCUT2D eigenvalue weighted by molar-refractivity contribution is 0.0480. The summed E-state index contributed by atoms with van der Waals surface area (Å²) in [6, 6.07) is 1.94. The minimum Gasteiger partial charge on any atom is -0.393 e. The van der Waals surface area contributed by atoms with Crippen molar-refractivity contribution < 1.29 is 13.9 Å². The van der Waals surface area contributed by atoms with Gasteiger partial charge in [-0.3, -0.25) is 10.1 Å². The Labute approximate surface area is 180 Å². The summed E-state index contributed by atoms with van der Waals surface area (Å²) in [5, 5.41) is 13.5. The van der Waals surface area contributed by atoms with Crippen LogP contribution >= 0.6 is 0 Å². The van der Waals surface area contributed by atoms with Crippen LogP contribution in [0.15, 0.2) is 24.8 Å². The van der Waals surface area contributed by atoms with Gasteiger partial charge in [-0.25, -0.2) is 24.2 Å². The molecule has 3 fully saturated rings. The lowest BCUT2D eigenvalue weighted by Gasteiger charge is -2.36. The molecular weight excluding hydrogens is 404 g/mol. The highest BCUT2D eigenvalue weighted by atomic mass is 19.1. The van der Waals surface area contributed by atoms with Gasteiger partial charge in [-0.1, -0.05) is 0 Å². The molecule has 3 aliphatic rings. The van der Waals surface area contributed by atoms with Gasteiger partial charge in [-0.15, -0.1) is 0 Å². The number of nitrogens with one attached hydrogen (secondary N) is 2. The smallest absolute Gasteiger partial charge is 0.137 e. The normalized spacial score (nSPS) is 32.8. The van der Waals surface area contributed by atoms with Crippen LogP contribution < -0.4 is 15.8 Å². The van der Waals surface area contributed by atoms with Gasteiger partial charge in [0.05, 0.1) is 24.5 Å². The fourth-order valence-electron chi connectivity index (χ4n) is 5.29. The van der Waals surface area contributed by atoms with Crippen molar-refractivity contribution in [1.82, 2.24) is 30.6 Å². The molecule has 0 radical (unpaired) electrons. The highest BCUT2D eigenvalue weighted by Crippen LogP contribution is 2.45. The fraction of sp³-hybridized carbons (Fsp3) is 0.667. The first-order valence-electron chi connectivity index (χ1n) is 11.0.